The van der Waals surface area contributed by atoms with Crippen LogP contribution in [0, 0.1) is 6.92 Å². The lowest BCUT2D eigenvalue weighted by Crippen LogP contribution is -2.36. The zero-order chi connectivity index (χ0) is 30.4. The van der Waals surface area contributed by atoms with Gasteiger partial charge in [0.05, 0.1) is 31.2 Å². The van der Waals surface area contributed by atoms with Crippen LogP contribution < -0.4 is 0 Å². The van der Waals surface area contributed by atoms with Gasteiger partial charge in [-0.3, -0.25) is 9.59 Å². The number of halogens is 3. The average molecular weight is 596 g/mol. The van der Waals surface area contributed by atoms with E-state index in [4.69, 9.17) is 9.47 Å². The van der Waals surface area contributed by atoms with Crippen molar-refractivity contribution in [1.82, 2.24) is 4.31 Å². The number of benzene rings is 2. The van der Waals surface area contributed by atoms with Gasteiger partial charge in [-0.1, -0.05) is 44.4 Å². The molecule has 1 atom stereocenters. The molecule has 0 aliphatic carbocycles. The smallest absolute Gasteiger partial charge is 0.416 e. The number of carbonyl (C=O) groups excluding carboxylic acids is 3. The number of ether oxygens (including phenoxy) is 2. The molecule has 0 aromatic heterocycles. The van der Waals surface area contributed by atoms with Crippen LogP contribution in [0.15, 0.2) is 47.4 Å². The van der Waals surface area contributed by atoms with Gasteiger partial charge in [-0.15, -0.1) is 0 Å². The molecule has 0 saturated carbocycles. The highest BCUT2D eigenvalue weighted by Gasteiger charge is 2.48. The molecule has 2 aromatic rings. The molecule has 0 N–H and O–H groups in total. The lowest BCUT2D eigenvalue weighted by Gasteiger charge is -2.23. The van der Waals surface area contributed by atoms with E-state index in [1.54, 1.807) is 6.92 Å². The van der Waals surface area contributed by atoms with Crippen molar-refractivity contribution in [2.75, 3.05) is 13.2 Å². The van der Waals surface area contributed by atoms with Gasteiger partial charge < -0.3 is 9.47 Å². The molecular formula is C29H32F3NO7S. The zero-order valence-corrected chi connectivity index (χ0v) is 23.8. The molecule has 3 rings (SSSR count). The summed E-state index contributed by atoms with van der Waals surface area (Å²) in [6.45, 7) is 5.81. The van der Waals surface area contributed by atoms with Gasteiger partial charge in [0.1, 0.15) is 4.90 Å². The molecule has 0 bridgehead atoms. The first-order valence-corrected chi connectivity index (χ1v) is 14.7. The zero-order valence-electron chi connectivity index (χ0n) is 23.0. The molecule has 0 radical (unpaired) electrons. The molecule has 1 heterocycles. The van der Waals surface area contributed by atoms with Crippen LogP contribution in [0.1, 0.15) is 84.6 Å². The Hall–Kier alpha value is -3.67. The lowest BCUT2D eigenvalue weighted by atomic mass is 9.97. The highest BCUT2D eigenvalue weighted by Crippen LogP contribution is 2.45. The number of hydrogen-bond acceptors (Lipinski definition) is 7. The van der Waals surface area contributed by atoms with E-state index in [2.05, 4.69) is 0 Å². The van der Waals surface area contributed by atoms with Crippen molar-refractivity contribution in [3.05, 3.63) is 70.3 Å². The second kappa shape index (κ2) is 13.3. The van der Waals surface area contributed by atoms with Gasteiger partial charge in [0.15, 0.2) is 0 Å². The maximum atomic E-state index is 13.9. The molecule has 1 aliphatic heterocycles. The number of amides is 1. The molecule has 0 spiro atoms. The summed E-state index contributed by atoms with van der Waals surface area (Å²) in [6.07, 6.45) is -0.0115. The van der Waals surface area contributed by atoms with Gasteiger partial charge in [0, 0.05) is 11.6 Å². The Balaban J connectivity index is 2.08. The SMILES string of the molecule is CCCCOC(=O)/C=C/c1cc(C)cc2c1S(=O)(=O)N(C(=O)c1ccc(C(F)(F)F)cc1)C2CC(=O)OCCCC. The molecule has 41 heavy (non-hydrogen) atoms. The number of nitrogens with zero attached hydrogens (tertiary/aromatic N) is 1. The number of rotatable bonds is 11. The van der Waals surface area contributed by atoms with E-state index in [0.717, 1.165) is 31.1 Å². The summed E-state index contributed by atoms with van der Waals surface area (Å²) in [5, 5.41) is 0. The fourth-order valence-electron chi connectivity index (χ4n) is 4.33. The van der Waals surface area contributed by atoms with Gasteiger partial charge >= 0.3 is 18.1 Å². The number of unbranched alkanes of at least 4 members (excludes halogenated alkanes) is 2. The first-order valence-electron chi connectivity index (χ1n) is 13.2. The molecule has 12 heteroatoms. The normalized spacial score (nSPS) is 16.0. The number of hydrogen-bond donors (Lipinski definition) is 0. The van der Waals surface area contributed by atoms with Crippen molar-refractivity contribution in [2.24, 2.45) is 0 Å². The van der Waals surface area contributed by atoms with Gasteiger partial charge in [-0.2, -0.15) is 13.2 Å². The number of aryl methyl sites for hydroxylation is 1. The standard InChI is InChI=1S/C29H32F3NO7S/c1-4-6-14-39-25(34)13-10-21-16-19(3)17-23-24(18-26(35)40-15-7-5-2)33(41(37,38)27(21)23)28(36)20-8-11-22(12-9-20)29(30,31)32/h8-13,16-17,24H,4-7,14-15,18H2,1-3H3/b13-10+. The quantitative estimate of drug-likeness (QED) is 0.178. The average Bonchev–Trinajstić information content (AvgIpc) is 3.12. The van der Waals surface area contributed by atoms with Crippen molar-refractivity contribution in [2.45, 2.75) is 70.0 Å². The topological polar surface area (TPSA) is 107 Å². The summed E-state index contributed by atoms with van der Waals surface area (Å²) < 4.78 is 77.8. The van der Waals surface area contributed by atoms with E-state index in [1.165, 1.54) is 18.2 Å². The number of esters is 2. The van der Waals surface area contributed by atoms with Crippen molar-refractivity contribution >= 4 is 33.9 Å². The number of fused-ring (bicyclic) bond motifs is 1. The Labute approximate surface area is 237 Å². The Morgan fingerprint density at radius 2 is 1.59 bits per heavy atom. The summed E-state index contributed by atoms with van der Waals surface area (Å²) >= 11 is 0. The van der Waals surface area contributed by atoms with E-state index < -0.39 is 52.1 Å². The molecule has 0 saturated heterocycles. The van der Waals surface area contributed by atoms with Crippen LogP contribution in [0.3, 0.4) is 0 Å². The van der Waals surface area contributed by atoms with E-state index in [1.807, 2.05) is 13.8 Å². The predicted octanol–water partition coefficient (Wildman–Crippen LogP) is 5.99. The summed E-state index contributed by atoms with van der Waals surface area (Å²) in [7, 11) is -4.62. The third-order valence-electron chi connectivity index (χ3n) is 6.37. The van der Waals surface area contributed by atoms with Gasteiger partial charge in [-0.25, -0.2) is 17.5 Å². The van der Waals surface area contributed by atoms with Crippen LogP contribution in [0.2, 0.25) is 0 Å². The third kappa shape index (κ3) is 7.55. The Morgan fingerprint density at radius 3 is 2.17 bits per heavy atom. The highest BCUT2D eigenvalue weighted by atomic mass is 32.2. The molecule has 8 nitrogen and oxygen atoms in total. The molecular weight excluding hydrogens is 563 g/mol. The van der Waals surface area contributed by atoms with Gasteiger partial charge in [0.2, 0.25) is 0 Å². The molecule has 2 aromatic carbocycles. The number of sulfonamides is 1. The van der Waals surface area contributed by atoms with Crippen LogP contribution in [-0.2, 0) is 35.3 Å². The maximum Gasteiger partial charge on any atom is 0.416 e. The Kier molecular flexibility index (Phi) is 10.4. The van der Waals surface area contributed by atoms with Crippen LogP contribution in [0.5, 0.6) is 0 Å². The fourth-order valence-corrected chi connectivity index (χ4v) is 6.30. The van der Waals surface area contributed by atoms with E-state index in [-0.39, 0.29) is 34.8 Å². The first-order chi connectivity index (χ1) is 19.3. The molecule has 222 valence electrons. The largest absolute Gasteiger partial charge is 0.466 e. The van der Waals surface area contributed by atoms with Crippen LogP contribution in [0.4, 0.5) is 13.2 Å². The molecule has 1 unspecified atom stereocenters. The Bertz CT molecular complexity index is 1420. The molecule has 1 amide bonds. The van der Waals surface area contributed by atoms with E-state index in [9.17, 15) is 36.0 Å². The second-order valence-electron chi connectivity index (χ2n) is 9.60. The summed E-state index contributed by atoms with van der Waals surface area (Å²) in [5.74, 6) is -2.53. The summed E-state index contributed by atoms with van der Waals surface area (Å²) in [5.41, 5.74) is -0.499. The van der Waals surface area contributed by atoms with Crippen molar-refractivity contribution in [3.63, 3.8) is 0 Å². The second-order valence-corrected chi connectivity index (χ2v) is 11.4. The van der Waals surface area contributed by atoms with Crippen molar-refractivity contribution in [1.29, 1.82) is 0 Å². The molecule has 1 aliphatic rings. The maximum absolute atomic E-state index is 13.9. The van der Waals surface area contributed by atoms with Crippen LogP contribution in [0.25, 0.3) is 6.08 Å². The highest BCUT2D eigenvalue weighted by molar-refractivity contribution is 7.90. The number of carbonyl (C=O) groups is 3. The summed E-state index contributed by atoms with van der Waals surface area (Å²) in [4.78, 5) is 38.2. The fraction of sp³-hybridized carbons (Fsp3) is 0.414. The van der Waals surface area contributed by atoms with Crippen molar-refractivity contribution < 1.29 is 45.4 Å². The third-order valence-corrected chi connectivity index (χ3v) is 8.30. The van der Waals surface area contributed by atoms with Crippen LogP contribution in [-0.4, -0.2) is 43.8 Å². The van der Waals surface area contributed by atoms with E-state index in [0.29, 0.717) is 34.8 Å². The predicted molar refractivity (Wildman–Crippen MR) is 144 cm³/mol. The monoisotopic (exact) mass is 595 g/mol. The number of alkyl halides is 3. The summed E-state index contributed by atoms with van der Waals surface area (Å²) in [6, 6.07) is 4.85. The molecule has 0 fully saturated rings. The minimum atomic E-state index is -4.65. The lowest BCUT2D eigenvalue weighted by molar-refractivity contribution is -0.144. The van der Waals surface area contributed by atoms with E-state index >= 15 is 0 Å². The first kappa shape index (κ1) is 31.9. The van der Waals surface area contributed by atoms with Crippen molar-refractivity contribution in [3.8, 4) is 0 Å². The minimum Gasteiger partial charge on any atom is -0.466 e. The van der Waals surface area contributed by atoms with Gasteiger partial charge in [-0.05, 0) is 61.2 Å². The van der Waals surface area contributed by atoms with Crippen LogP contribution >= 0.6 is 0 Å². The minimum absolute atomic E-state index is 0.0968. The Morgan fingerprint density at radius 1 is 0.976 bits per heavy atom. The van der Waals surface area contributed by atoms with Gasteiger partial charge in [0.25, 0.3) is 15.9 Å².